The third kappa shape index (κ3) is 4.92. The molecule has 1 fully saturated rings. The average molecular weight is 536 g/mol. The van der Waals surface area contributed by atoms with Crippen molar-refractivity contribution in [2.45, 2.75) is 0 Å². The van der Waals surface area contributed by atoms with Crippen LogP contribution in [0.2, 0.25) is 0 Å². The quantitative estimate of drug-likeness (QED) is 0.293. The Hall–Kier alpha value is -4.96. The number of rotatable bonds is 6. The lowest BCUT2D eigenvalue weighted by Gasteiger charge is -2.33. The van der Waals surface area contributed by atoms with Crippen molar-refractivity contribution in [3.63, 3.8) is 0 Å². The Labute approximate surface area is 231 Å². The van der Waals surface area contributed by atoms with E-state index in [9.17, 15) is 9.90 Å². The Morgan fingerprint density at radius 1 is 0.975 bits per heavy atom. The summed E-state index contributed by atoms with van der Waals surface area (Å²) in [5.74, 6) is 1.61. The number of benzene rings is 2. The molecule has 202 valence electrons. The third-order valence-corrected chi connectivity index (χ3v) is 7.12. The second-order valence-electron chi connectivity index (χ2n) is 9.73. The molecule has 10 nitrogen and oxygen atoms in total. The summed E-state index contributed by atoms with van der Waals surface area (Å²) in [4.78, 5) is 34.3. The number of fused-ring (bicyclic) bond motifs is 1. The van der Waals surface area contributed by atoms with Crippen LogP contribution in [0, 0.1) is 0 Å². The van der Waals surface area contributed by atoms with Gasteiger partial charge in [-0.15, -0.1) is 0 Å². The lowest BCUT2D eigenvalue weighted by molar-refractivity contribution is 0.102. The minimum absolute atomic E-state index is 0.0540. The standard InChI is InChI=1S/C30H29N7O3/c1-36-13-15-37(16-14-36)26-11-9-20(18-32-26)33-29(39)19-8-10-24-25(17-19)35-28(34-24)23-6-3-5-21(27(23)38)22-7-4-12-31-30(22)40-2/h3-12,17-18,38H,13-16H2,1-2H3,(H,33,39)(H,34,35). The van der Waals surface area contributed by atoms with E-state index in [2.05, 4.69) is 42.1 Å². The maximum atomic E-state index is 13.0. The molecule has 1 saturated heterocycles. The molecule has 1 aliphatic heterocycles. The maximum Gasteiger partial charge on any atom is 0.255 e. The number of aromatic hydroxyl groups is 1. The number of methoxy groups -OCH3 is 1. The van der Waals surface area contributed by atoms with Crippen molar-refractivity contribution in [2.75, 3.05) is 50.6 Å². The number of carbonyl (C=O) groups excluding carboxylic acids is 1. The number of amides is 1. The molecule has 40 heavy (non-hydrogen) atoms. The zero-order chi connectivity index (χ0) is 27.6. The van der Waals surface area contributed by atoms with Gasteiger partial charge in [0.2, 0.25) is 5.88 Å². The SMILES string of the molecule is COc1ncccc1-c1cccc(-c2nc3ccc(C(=O)Nc4ccc(N5CCN(C)CC5)nc4)cc3[nH]2)c1O. The number of para-hydroxylation sites is 1. The number of pyridine rings is 2. The minimum atomic E-state index is -0.249. The molecule has 0 bridgehead atoms. The van der Waals surface area contributed by atoms with Gasteiger partial charge in [-0.1, -0.05) is 12.1 Å². The lowest BCUT2D eigenvalue weighted by atomic mass is 10.0. The van der Waals surface area contributed by atoms with Crippen LogP contribution >= 0.6 is 0 Å². The number of piperazine rings is 1. The zero-order valence-corrected chi connectivity index (χ0v) is 22.3. The van der Waals surface area contributed by atoms with Crippen molar-refractivity contribution in [3.05, 3.63) is 78.6 Å². The van der Waals surface area contributed by atoms with Gasteiger partial charge in [0.25, 0.3) is 5.91 Å². The van der Waals surface area contributed by atoms with E-state index < -0.39 is 0 Å². The molecule has 0 atom stereocenters. The Morgan fingerprint density at radius 3 is 2.55 bits per heavy atom. The van der Waals surface area contributed by atoms with E-state index in [1.165, 1.54) is 0 Å². The highest BCUT2D eigenvalue weighted by Gasteiger charge is 2.18. The van der Waals surface area contributed by atoms with Gasteiger partial charge in [0.05, 0.1) is 35.6 Å². The number of phenols is 1. The summed E-state index contributed by atoms with van der Waals surface area (Å²) >= 11 is 0. The van der Waals surface area contributed by atoms with Crippen LogP contribution in [-0.4, -0.2) is 76.2 Å². The number of aromatic nitrogens is 4. The molecule has 5 aromatic rings. The van der Waals surface area contributed by atoms with Crippen LogP contribution in [0.15, 0.2) is 73.1 Å². The van der Waals surface area contributed by atoms with Crippen LogP contribution in [0.3, 0.4) is 0 Å². The van der Waals surface area contributed by atoms with E-state index in [4.69, 9.17) is 4.74 Å². The number of aromatic amines is 1. The first-order valence-electron chi connectivity index (χ1n) is 13.0. The van der Waals surface area contributed by atoms with Gasteiger partial charge in [0.1, 0.15) is 17.4 Å². The van der Waals surface area contributed by atoms with Crippen molar-refractivity contribution >= 4 is 28.4 Å². The van der Waals surface area contributed by atoms with Crippen LogP contribution in [-0.2, 0) is 0 Å². The molecule has 10 heteroatoms. The number of hydrogen-bond acceptors (Lipinski definition) is 8. The van der Waals surface area contributed by atoms with Gasteiger partial charge in [-0.2, -0.15) is 0 Å². The molecule has 6 rings (SSSR count). The topological polar surface area (TPSA) is 119 Å². The summed E-state index contributed by atoms with van der Waals surface area (Å²) in [5.41, 5.74) is 4.23. The van der Waals surface area contributed by atoms with Gasteiger partial charge in [-0.05, 0) is 55.6 Å². The summed E-state index contributed by atoms with van der Waals surface area (Å²) < 4.78 is 5.37. The molecular weight excluding hydrogens is 506 g/mol. The Balaban J connectivity index is 1.22. The van der Waals surface area contributed by atoms with Crippen LogP contribution in [0.5, 0.6) is 11.6 Å². The molecule has 1 aliphatic rings. The van der Waals surface area contributed by atoms with Crippen LogP contribution in [0.1, 0.15) is 10.4 Å². The maximum absolute atomic E-state index is 13.0. The number of anilines is 2. The van der Waals surface area contributed by atoms with Crippen LogP contribution in [0.25, 0.3) is 33.5 Å². The smallest absolute Gasteiger partial charge is 0.255 e. The predicted octanol–water partition coefficient (Wildman–Crippen LogP) is 4.41. The number of likely N-dealkylation sites (N-methyl/N-ethyl adjacent to an activating group) is 1. The predicted molar refractivity (Wildman–Crippen MR) is 155 cm³/mol. The minimum Gasteiger partial charge on any atom is -0.507 e. The highest BCUT2D eigenvalue weighted by Crippen LogP contribution is 2.40. The molecule has 0 aliphatic carbocycles. The second-order valence-corrected chi connectivity index (χ2v) is 9.73. The first kappa shape index (κ1) is 25.3. The molecular formula is C30H29N7O3. The molecule has 4 heterocycles. The summed E-state index contributed by atoms with van der Waals surface area (Å²) in [6, 6.07) is 18.1. The Bertz CT molecular complexity index is 1680. The monoisotopic (exact) mass is 535 g/mol. The van der Waals surface area contributed by atoms with Crippen molar-refractivity contribution < 1.29 is 14.6 Å². The molecule has 0 spiro atoms. The first-order valence-corrected chi connectivity index (χ1v) is 13.0. The number of nitrogens with one attached hydrogen (secondary N) is 2. The van der Waals surface area contributed by atoms with Gasteiger partial charge in [0, 0.05) is 49.1 Å². The fourth-order valence-corrected chi connectivity index (χ4v) is 4.87. The Kier molecular flexibility index (Phi) is 6.75. The lowest BCUT2D eigenvalue weighted by Crippen LogP contribution is -2.44. The van der Waals surface area contributed by atoms with Gasteiger partial charge >= 0.3 is 0 Å². The van der Waals surface area contributed by atoms with Gasteiger partial charge in [0.15, 0.2) is 0 Å². The van der Waals surface area contributed by atoms with E-state index in [1.54, 1.807) is 55.9 Å². The molecule has 0 saturated carbocycles. The normalized spacial score (nSPS) is 13.9. The van der Waals surface area contributed by atoms with Crippen LogP contribution < -0.4 is 15.0 Å². The Morgan fingerprint density at radius 2 is 1.77 bits per heavy atom. The van der Waals surface area contributed by atoms with Gasteiger partial charge in [-0.3, -0.25) is 4.79 Å². The fourth-order valence-electron chi connectivity index (χ4n) is 4.87. The highest BCUT2D eigenvalue weighted by molar-refractivity contribution is 6.06. The van der Waals surface area contributed by atoms with Crippen molar-refractivity contribution in [1.82, 2.24) is 24.8 Å². The van der Waals surface area contributed by atoms with Gasteiger partial charge < -0.3 is 29.9 Å². The largest absolute Gasteiger partial charge is 0.507 e. The molecule has 3 aromatic heterocycles. The number of phenolic OH excluding ortho intramolecular Hbond substituents is 1. The van der Waals surface area contributed by atoms with E-state index in [-0.39, 0.29) is 11.7 Å². The third-order valence-electron chi connectivity index (χ3n) is 7.12. The number of imidazole rings is 1. The van der Waals surface area contributed by atoms with Crippen molar-refractivity contribution in [3.8, 4) is 34.1 Å². The van der Waals surface area contributed by atoms with E-state index in [1.807, 2.05) is 24.3 Å². The molecule has 2 aromatic carbocycles. The summed E-state index contributed by atoms with van der Waals surface area (Å²) in [6.45, 7) is 3.87. The van der Waals surface area contributed by atoms with Crippen LogP contribution in [0.4, 0.5) is 11.5 Å². The fraction of sp³-hybridized carbons (Fsp3) is 0.200. The average Bonchev–Trinajstić information content (AvgIpc) is 3.41. The molecule has 1 amide bonds. The first-order chi connectivity index (χ1) is 19.5. The van der Waals surface area contributed by atoms with E-state index >= 15 is 0 Å². The summed E-state index contributed by atoms with van der Waals surface area (Å²) in [7, 11) is 3.66. The number of hydrogen-bond donors (Lipinski definition) is 3. The van der Waals surface area contributed by atoms with E-state index in [0.29, 0.717) is 50.7 Å². The van der Waals surface area contributed by atoms with Gasteiger partial charge in [-0.25, -0.2) is 15.0 Å². The second kappa shape index (κ2) is 10.7. The number of ether oxygens (including phenoxy) is 1. The van der Waals surface area contributed by atoms with Crippen molar-refractivity contribution in [2.24, 2.45) is 0 Å². The molecule has 0 unspecified atom stereocenters. The highest BCUT2D eigenvalue weighted by atomic mass is 16.5. The number of nitrogens with zero attached hydrogens (tertiary/aromatic N) is 5. The molecule has 0 radical (unpaired) electrons. The van der Waals surface area contributed by atoms with E-state index in [0.717, 1.165) is 32.0 Å². The summed E-state index contributed by atoms with van der Waals surface area (Å²) in [6.07, 6.45) is 3.32. The zero-order valence-electron chi connectivity index (χ0n) is 22.3. The number of H-pyrrole nitrogens is 1. The summed E-state index contributed by atoms with van der Waals surface area (Å²) in [5, 5.41) is 14.1. The van der Waals surface area contributed by atoms with Crippen molar-refractivity contribution in [1.29, 1.82) is 0 Å². The molecule has 3 N–H and O–H groups in total. The number of carbonyl (C=O) groups is 1.